The molecule has 0 N–H and O–H groups in total. The molecule has 0 bridgehead atoms. The Morgan fingerprint density at radius 2 is 1.59 bits per heavy atom. The molecule has 0 radical (unpaired) electrons. The first-order chi connectivity index (χ1) is 12.8. The molecule has 144 valence electrons. The van der Waals surface area contributed by atoms with Crippen LogP contribution in [0.2, 0.25) is 0 Å². The molecule has 0 unspecified atom stereocenters. The molecule has 0 atom stereocenters. The molecule has 0 aromatic heterocycles. The summed E-state index contributed by atoms with van der Waals surface area (Å²) >= 11 is 0. The first-order valence-electron chi connectivity index (χ1n) is 9.25. The van der Waals surface area contributed by atoms with E-state index in [1.807, 2.05) is 30.3 Å². The van der Waals surface area contributed by atoms with Gasteiger partial charge in [0.15, 0.2) is 5.78 Å². The fraction of sp³-hybridized carbons (Fsp3) is 0.381. The third-order valence-electron chi connectivity index (χ3n) is 5.04. The Labute approximate surface area is 161 Å². The number of hydrogen-bond donors (Lipinski definition) is 0. The predicted octanol–water partition coefficient (Wildman–Crippen LogP) is 3.52. The van der Waals surface area contributed by atoms with Crippen LogP contribution in [-0.2, 0) is 10.0 Å². The van der Waals surface area contributed by atoms with E-state index < -0.39 is 10.0 Å². The van der Waals surface area contributed by atoms with Crippen molar-refractivity contribution >= 4 is 21.5 Å². The van der Waals surface area contributed by atoms with Gasteiger partial charge in [0.25, 0.3) is 0 Å². The Bertz CT molecular complexity index is 913. The van der Waals surface area contributed by atoms with Gasteiger partial charge in [0.2, 0.25) is 10.0 Å². The molecule has 3 rings (SSSR count). The number of rotatable bonds is 5. The van der Waals surface area contributed by atoms with Gasteiger partial charge in [0, 0.05) is 37.4 Å². The number of ketones is 1. The second kappa shape index (κ2) is 7.82. The maximum Gasteiger partial charge on any atom is 0.243 e. The highest BCUT2D eigenvalue weighted by Gasteiger charge is 2.28. The quantitative estimate of drug-likeness (QED) is 0.738. The normalized spacial score (nSPS) is 15.9. The van der Waals surface area contributed by atoms with Crippen LogP contribution in [0.3, 0.4) is 0 Å². The number of nitrogens with zero attached hydrogens (tertiary/aromatic N) is 2. The fourth-order valence-electron chi connectivity index (χ4n) is 3.28. The van der Waals surface area contributed by atoms with Crippen LogP contribution in [-0.4, -0.2) is 44.7 Å². The average Bonchev–Trinajstić information content (AvgIpc) is 2.68. The number of carbonyl (C=O) groups is 1. The van der Waals surface area contributed by atoms with E-state index in [1.165, 1.54) is 0 Å². The minimum absolute atomic E-state index is 0.0305. The number of benzene rings is 2. The van der Waals surface area contributed by atoms with E-state index in [2.05, 4.69) is 18.7 Å². The maximum atomic E-state index is 12.9. The molecule has 6 heteroatoms. The molecule has 1 aliphatic heterocycles. The van der Waals surface area contributed by atoms with Crippen LogP contribution in [0.4, 0.5) is 5.69 Å². The van der Waals surface area contributed by atoms with Crippen molar-refractivity contribution in [2.45, 2.75) is 31.6 Å². The van der Waals surface area contributed by atoms with Gasteiger partial charge in [-0.1, -0.05) is 38.1 Å². The smallest absolute Gasteiger partial charge is 0.243 e. The SMILES string of the molecule is CC(=O)c1cccc(N2CCN(S(=O)(=O)c3ccc(C(C)C)cc3)CC2)c1. The summed E-state index contributed by atoms with van der Waals surface area (Å²) in [6.45, 7) is 7.79. The Kier molecular flexibility index (Phi) is 5.67. The van der Waals surface area contributed by atoms with Crippen LogP contribution < -0.4 is 4.90 Å². The Morgan fingerprint density at radius 3 is 2.15 bits per heavy atom. The lowest BCUT2D eigenvalue weighted by Gasteiger charge is -2.35. The Hall–Kier alpha value is -2.18. The van der Waals surface area contributed by atoms with Crippen molar-refractivity contribution in [1.29, 1.82) is 0 Å². The molecule has 1 saturated heterocycles. The van der Waals surface area contributed by atoms with Crippen molar-refractivity contribution in [3.05, 3.63) is 59.7 Å². The van der Waals surface area contributed by atoms with Crippen molar-refractivity contribution < 1.29 is 13.2 Å². The van der Waals surface area contributed by atoms with E-state index in [9.17, 15) is 13.2 Å². The molecule has 0 spiro atoms. The maximum absolute atomic E-state index is 12.9. The van der Waals surface area contributed by atoms with Gasteiger partial charge in [-0.05, 0) is 42.7 Å². The largest absolute Gasteiger partial charge is 0.369 e. The van der Waals surface area contributed by atoms with Crippen molar-refractivity contribution in [1.82, 2.24) is 4.31 Å². The summed E-state index contributed by atoms with van der Waals surface area (Å²) < 4.78 is 27.4. The summed E-state index contributed by atoms with van der Waals surface area (Å²) in [4.78, 5) is 14.1. The molecular weight excluding hydrogens is 360 g/mol. The highest BCUT2D eigenvalue weighted by molar-refractivity contribution is 7.89. The van der Waals surface area contributed by atoms with Gasteiger partial charge in [-0.15, -0.1) is 0 Å². The molecular formula is C21H26N2O3S. The predicted molar refractivity (Wildman–Crippen MR) is 108 cm³/mol. The molecule has 2 aromatic carbocycles. The van der Waals surface area contributed by atoms with Gasteiger partial charge in [0.05, 0.1) is 4.90 Å². The van der Waals surface area contributed by atoms with Gasteiger partial charge in [-0.25, -0.2) is 8.42 Å². The zero-order valence-corrected chi connectivity index (χ0v) is 16.9. The van der Waals surface area contributed by atoms with Crippen LogP contribution in [0.5, 0.6) is 0 Å². The monoisotopic (exact) mass is 386 g/mol. The Morgan fingerprint density at radius 1 is 0.963 bits per heavy atom. The number of Topliss-reactive ketones (excluding diaryl/α,β-unsaturated/α-hetero) is 1. The van der Waals surface area contributed by atoms with Crippen molar-refractivity contribution in [3.8, 4) is 0 Å². The lowest BCUT2D eigenvalue weighted by atomic mass is 10.0. The summed E-state index contributed by atoms with van der Waals surface area (Å²) in [5.41, 5.74) is 2.76. The zero-order chi connectivity index (χ0) is 19.6. The van der Waals surface area contributed by atoms with Crippen LogP contribution >= 0.6 is 0 Å². The first-order valence-corrected chi connectivity index (χ1v) is 10.7. The van der Waals surface area contributed by atoms with E-state index in [0.29, 0.717) is 42.6 Å². The van der Waals surface area contributed by atoms with Crippen LogP contribution in [0.1, 0.15) is 42.6 Å². The molecule has 0 amide bonds. The van der Waals surface area contributed by atoms with E-state index in [1.54, 1.807) is 29.4 Å². The summed E-state index contributed by atoms with van der Waals surface area (Å²) in [6, 6.07) is 14.7. The minimum Gasteiger partial charge on any atom is -0.369 e. The van der Waals surface area contributed by atoms with Gasteiger partial charge in [0.1, 0.15) is 0 Å². The molecule has 1 heterocycles. The van der Waals surface area contributed by atoms with Crippen LogP contribution in [0.25, 0.3) is 0 Å². The zero-order valence-electron chi connectivity index (χ0n) is 16.1. The van der Waals surface area contributed by atoms with Crippen LogP contribution in [0.15, 0.2) is 53.4 Å². The van der Waals surface area contributed by atoms with Crippen molar-refractivity contribution in [2.24, 2.45) is 0 Å². The lowest BCUT2D eigenvalue weighted by molar-refractivity contribution is 0.101. The Balaban J connectivity index is 1.71. The molecule has 5 nitrogen and oxygen atoms in total. The molecule has 1 fully saturated rings. The standard InChI is InChI=1S/C21H26N2O3S/c1-16(2)18-7-9-21(10-8-18)27(25,26)23-13-11-22(12-14-23)20-6-4-5-19(15-20)17(3)24/h4-10,15-16H,11-14H2,1-3H3. The third kappa shape index (κ3) is 4.22. The molecule has 2 aromatic rings. The average molecular weight is 387 g/mol. The summed E-state index contributed by atoms with van der Waals surface area (Å²) in [5, 5.41) is 0. The highest BCUT2D eigenvalue weighted by atomic mass is 32.2. The van der Waals surface area contributed by atoms with Gasteiger partial charge < -0.3 is 4.90 Å². The number of carbonyl (C=O) groups excluding carboxylic acids is 1. The molecule has 1 aliphatic rings. The van der Waals surface area contributed by atoms with E-state index in [4.69, 9.17) is 0 Å². The fourth-order valence-corrected chi connectivity index (χ4v) is 4.70. The van der Waals surface area contributed by atoms with E-state index in [0.717, 1.165) is 11.3 Å². The minimum atomic E-state index is -3.48. The molecule has 0 aliphatic carbocycles. The van der Waals surface area contributed by atoms with Gasteiger partial charge >= 0.3 is 0 Å². The summed E-state index contributed by atoms with van der Waals surface area (Å²) in [5.74, 6) is 0.402. The van der Waals surface area contributed by atoms with Gasteiger partial charge in [-0.3, -0.25) is 4.79 Å². The van der Waals surface area contributed by atoms with Crippen molar-refractivity contribution in [3.63, 3.8) is 0 Å². The number of hydrogen-bond acceptors (Lipinski definition) is 4. The second-order valence-corrected chi connectivity index (χ2v) is 9.16. The lowest BCUT2D eigenvalue weighted by Crippen LogP contribution is -2.48. The van der Waals surface area contributed by atoms with Gasteiger partial charge in [-0.2, -0.15) is 4.31 Å². The third-order valence-corrected chi connectivity index (χ3v) is 6.95. The second-order valence-electron chi connectivity index (χ2n) is 7.22. The van der Waals surface area contributed by atoms with E-state index >= 15 is 0 Å². The highest BCUT2D eigenvalue weighted by Crippen LogP contribution is 2.23. The number of anilines is 1. The first kappa shape index (κ1) is 19.6. The summed E-state index contributed by atoms with van der Waals surface area (Å²) in [6.07, 6.45) is 0. The summed E-state index contributed by atoms with van der Waals surface area (Å²) in [7, 11) is -3.48. The number of sulfonamides is 1. The van der Waals surface area contributed by atoms with E-state index in [-0.39, 0.29) is 5.78 Å². The molecule has 0 saturated carbocycles. The topological polar surface area (TPSA) is 57.7 Å². The van der Waals surface area contributed by atoms with Crippen molar-refractivity contribution in [2.75, 3.05) is 31.1 Å². The number of piperazine rings is 1. The van der Waals surface area contributed by atoms with Crippen LogP contribution in [0, 0.1) is 0 Å². The molecule has 27 heavy (non-hydrogen) atoms.